The van der Waals surface area contributed by atoms with E-state index in [2.05, 4.69) is 15.6 Å². The highest BCUT2D eigenvalue weighted by Crippen LogP contribution is 2.24. The summed E-state index contributed by atoms with van der Waals surface area (Å²) in [7, 11) is 1.63. The second kappa shape index (κ2) is 9.31. The van der Waals surface area contributed by atoms with Crippen molar-refractivity contribution in [3.8, 4) is 22.7 Å². The molecule has 32 heavy (non-hydrogen) atoms. The Morgan fingerprint density at radius 2 is 1.66 bits per heavy atom. The van der Waals surface area contributed by atoms with Gasteiger partial charge in [-0.25, -0.2) is 10.1 Å². The molecule has 0 bridgehead atoms. The molecule has 6 heteroatoms. The molecule has 1 N–H and O–H groups in total. The van der Waals surface area contributed by atoms with E-state index in [4.69, 9.17) is 4.74 Å². The standard InChI is InChI=1S/C26H24N4O2/c1-18-9-11-20(12-10-18)19(2)27-28-26(31)25-17-24(21-13-15-23(32-3)16-14-21)29-30(25)22-7-5-4-6-8-22/h4-17H,1-3H3,(H,28,31)/b27-19-. The first-order valence-electron chi connectivity index (χ1n) is 10.3. The molecule has 4 aromatic rings. The maximum absolute atomic E-state index is 13.1. The molecule has 6 nitrogen and oxygen atoms in total. The third-order valence-electron chi connectivity index (χ3n) is 5.12. The van der Waals surface area contributed by atoms with Crippen molar-refractivity contribution in [3.63, 3.8) is 0 Å². The second-order valence-electron chi connectivity index (χ2n) is 7.39. The summed E-state index contributed by atoms with van der Waals surface area (Å²) in [5, 5.41) is 8.99. The van der Waals surface area contributed by atoms with Crippen molar-refractivity contribution >= 4 is 11.6 Å². The van der Waals surface area contributed by atoms with Crippen LogP contribution in [0.15, 0.2) is 90.0 Å². The van der Waals surface area contributed by atoms with Gasteiger partial charge in [-0.15, -0.1) is 0 Å². The Balaban J connectivity index is 1.66. The Hall–Kier alpha value is -4.19. The monoisotopic (exact) mass is 424 g/mol. The van der Waals surface area contributed by atoms with Crippen LogP contribution in [0, 0.1) is 6.92 Å². The summed E-state index contributed by atoms with van der Waals surface area (Å²) in [4.78, 5) is 13.1. The van der Waals surface area contributed by atoms with E-state index < -0.39 is 0 Å². The number of aryl methyl sites for hydroxylation is 1. The molecule has 0 aliphatic rings. The molecule has 0 aliphatic carbocycles. The lowest BCUT2D eigenvalue weighted by Gasteiger charge is -2.07. The summed E-state index contributed by atoms with van der Waals surface area (Å²) < 4.78 is 6.86. The third-order valence-corrected chi connectivity index (χ3v) is 5.12. The van der Waals surface area contributed by atoms with Crippen LogP contribution in [0.1, 0.15) is 28.5 Å². The number of ether oxygens (including phenoxy) is 1. The van der Waals surface area contributed by atoms with Crippen molar-refractivity contribution in [2.45, 2.75) is 13.8 Å². The fourth-order valence-electron chi connectivity index (χ4n) is 3.26. The van der Waals surface area contributed by atoms with Crippen LogP contribution < -0.4 is 10.2 Å². The minimum absolute atomic E-state index is 0.340. The van der Waals surface area contributed by atoms with E-state index in [-0.39, 0.29) is 5.91 Å². The van der Waals surface area contributed by atoms with Crippen LogP contribution >= 0.6 is 0 Å². The Morgan fingerprint density at radius 1 is 0.969 bits per heavy atom. The molecule has 1 amide bonds. The number of amides is 1. The van der Waals surface area contributed by atoms with E-state index in [1.165, 1.54) is 5.56 Å². The summed E-state index contributed by atoms with van der Waals surface area (Å²) >= 11 is 0. The lowest BCUT2D eigenvalue weighted by Crippen LogP contribution is -2.22. The number of hydrazone groups is 1. The van der Waals surface area contributed by atoms with Gasteiger partial charge in [0.25, 0.3) is 5.91 Å². The third kappa shape index (κ3) is 4.59. The van der Waals surface area contributed by atoms with Gasteiger partial charge in [0.1, 0.15) is 11.4 Å². The molecular formula is C26H24N4O2. The van der Waals surface area contributed by atoms with Crippen LogP contribution in [0.2, 0.25) is 0 Å². The second-order valence-corrected chi connectivity index (χ2v) is 7.39. The van der Waals surface area contributed by atoms with Crippen molar-refractivity contribution in [3.05, 3.63) is 102 Å². The highest BCUT2D eigenvalue weighted by atomic mass is 16.5. The first-order chi connectivity index (χ1) is 15.5. The van der Waals surface area contributed by atoms with Gasteiger partial charge in [-0.2, -0.15) is 10.2 Å². The lowest BCUT2D eigenvalue weighted by atomic mass is 10.1. The number of methoxy groups -OCH3 is 1. The minimum atomic E-state index is -0.340. The fraction of sp³-hybridized carbons (Fsp3) is 0.115. The maximum Gasteiger partial charge on any atom is 0.290 e. The largest absolute Gasteiger partial charge is 0.497 e. The van der Waals surface area contributed by atoms with E-state index >= 15 is 0 Å². The van der Waals surface area contributed by atoms with Crippen molar-refractivity contribution in [2.24, 2.45) is 5.10 Å². The van der Waals surface area contributed by atoms with Crippen LogP contribution in [0.4, 0.5) is 0 Å². The molecule has 0 fully saturated rings. The highest BCUT2D eigenvalue weighted by Gasteiger charge is 2.17. The van der Waals surface area contributed by atoms with Crippen molar-refractivity contribution in [2.75, 3.05) is 7.11 Å². The number of carbonyl (C=O) groups is 1. The zero-order valence-corrected chi connectivity index (χ0v) is 18.2. The van der Waals surface area contributed by atoms with Crippen LogP contribution in [0.5, 0.6) is 5.75 Å². The molecule has 4 rings (SSSR count). The number of benzene rings is 3. The molecule has 160 valence electrons. The van der Waals surface area contributed by atoms with Gasteiger partial charge >= 0.3 is 0 Å². The van der Waals surface area contributed by atoms with E-state index in [1.54, 1.807) is 17.9 Å². The van der Waals surface area contributed by atoms with Gasteiger partial charge in [0, 0.05) is 5.56 Å². The number of nitrogens with one attached hydrogen (secondary N) is 1. The van der Waals surface area contributed by atoms with E-state index in [0.717, 1.165) is 28.3 Å². The molecule has 1 aromatic heterocycles. The smallest absolute Gasteiger partial charge is 0.290 e. The van der Waals surface area contributed by atoms with Gasteiger partial charge in [0.05, 0.1) is 24.2 Å². The Kier molecular flexibility index (Phi) is 6.12. The first kappa shape index (κ1) is 21.1. The average Bonchev–Trinajstić information content (AvgIpc) is 3.29. The molecule has 1 heterocycles. The fourth-order valence-corrected chi connectivity index (χ4v) is 3.26. The Labute approximate surface area is 187 Å². The minimum Gasteiger partial charge on any atom is -0.497 e. The summed E-state index contributed by atoms with van der Waals surface area (Å²) in [5.41, 5.74) is 8.26. The quantitative estimate of drug-likeness (QED) is 0.349. The van der Waals surface area contributed by atoms with Gasteiger partial charge in [-0.1, -0.05) is 48.0 Å². The van der Waals surface area contributed by atoms with Crippen molar-refractivity contribution in [1.29, 1.82) is 0 Å². The number of aromatic nitrogens is 2. The normalized spacial score (nSPS) is 11.3. The number of nitrogens with zero attached hydrogens (tertiary/aromatic N) is 3. The molecule has 0 unspecified atom stereocenters. The van der Waals surface area contributed by atoms with Gasteiger partial charge in [-0.3, -0.25) is 4.79 Å². The van der Waals surface area contributed by atoms with Gasteiger partial charge in [0.15, 0.2) is 0 Å². The van der Waals surface area contributed by atoms with E-state index in [1.807, 2.05) is 92.7 Å². The number of para-hydroxylation sites is 1. The summed E-state index contributed by atoms with van der Waals surface area (Å²) in [6, 6.07) is 26.9. The zero-order valence-electron chi connectivity index (χ0n) is 18.2. The van der Waals surface area contributed by atoms with E-state index in [9.17, 15) is 4.79 Å². The molecule has 0 spiro atoms. The van der Waals surface area contributed by atoms with E-state index in [0.29, 0.717) is 11.4 Å². The molecule has 3 aromatic carbocycles. The molecule has 0 radical (unpaired) electrons. The maximum atomic E-state index is 13.1. The van der Waals surface area contributed by atoms with Crippen molar-refractivity contribution < 1.29 is 9.53 Å². The lowest BCUT2D eigenvalue weighted by molar-refractivity contribution is 0.0947. The number of hydrogen-bond donors (Lipinski definition) is 1. The molecule has 0 atom stereocenters. The summed E-state index contributed by atoms with van der Waals surface area (Å²) in [5.74, 6) is 0.419. The summed E-state index contributed by atoms with van der Waals surface area (Å²) in [6.45, 7) is 3.89. The van der Waals surface area contributed by atoms with Crippen LogP contribution in [-0.4, -0.2) is 28.5 Å². The van der Waals surface area contributed by atoms with Crippen molar-refractivity contribution in [1.82, 2.24) is 15.2 Å². The summed E-state index contributed by atoms with van der Waals surface area (Å²) in [6.07, 6.45) is 0. The Bertz CT molecular complexity index is 1240. The first-order valence-corrected chi connectivity index (χ1v) is 10.3. The van der Waals surface area contributed by atoms with Gasteiger partial charge < -0.3 is 4.74 Å². The molecular weight excluding hydrogens is 400 g/mol. The van der Waals surface area contributed by atoms with Crippen LogP contribution in [-0.2, 0) is 0 Å². The SMILES string of the molecule is COc1ccc(-c2cc(C(=O)N/N=C(/C)c3ccc(C)cc3)n(-c3ccccc3)n2)cc1. The van der Waals surface area contributed by atoms with Gasteiger partial charge in [0.2, 0.25) is 0 Å². The van der Waals surface area contributed by atoms with Gasteiger partial charge in [-0.05, 0) is 61.9 Å². The highest BCUT2D eigenvalue weighted by molar-refractivity contribution is 6.00. The van der Waals surface area contributed by atoms with Crippen LogP contribution in [0.25, 0.3) is 16.9 Å². The number of carbonyl (C=O) groups excluding carboxylic acids is 1. The molecule has 0 saturated carbocycles. The molecule has 0 saturated heterocycles. The predicted molar refractivity (Wildman–Crippen MR) is 126 cm³/mol. The topological polar surface area (TPSA) is 68.5 Å². The number of rotatable bonds is 6. The Morgan fingerprint density at radius 3 is 2.31 bits per heavy atom. The van der Waals surface area contributed by atoms with Crippen LogP contribution in [0.3, 0.4) is 0 Å². The zero-order chi connectivity index (χ0) is 22.5. The number of hydrogen-bond acceptors (Lipinski definition) is 4. The predicted octanol–water partition coefficient (Wildman–Crippen LogP) is 5.01. The average molecular weight is 425 g/mol. The molecule has 0 aliphatic heterocycles.